The Morgan fingerprint density at radius 2 is 2.06 bits per heavy atom. The predicted octanol–water partition coefficient (Wildman–Crippen LogP) is 2.69. The van der Waals surface area contributed by atoms with Crippen LogP contribution in [0.1, 0.15) is 37.5 Å². The second kappa shape index (κ2) is 7.25. The minimum atomic E-state index is -2.40. The molecule has 8 heteroatoms. The van der Waals surface area contributed by atoms with Crippen LogP contribution in [0.5, 0.6) is 0 Å². The van der Waals surface area contributed by atoms with Crippen molar-refractivity contribution >= 4 is 16.8 Å². The second-order valence-corrected chi connectivity index (χ2v) is 9.54. The number of aromatic amines is 1. The lowest BCUT2D eigenvalue weighted by molar-refractivity contribution is 0.0445. The number of rotatable bonds is 3. The van der Waals surface area contributed by atoms with Crippen molar-refractivity contribution in [1.29, 1.82) is 0 Å². The standard InChI is InChI=1S/C23H29F2N5O/c24-21(25)14-29-13-20-16-12-28(22(31)19-11-15-3-1-2-4-17(15)26-19)9-5-18(16)27-30(20)10-8-23(29)6-7-23/h1-4,11,16,18,20-21,26-27H,5-10,12-14H2/i20D. The Balaban J connectivity index is 1.25. The van der Waals surface area contributed by atoms with E-state index in [9.17, 15) is 14.9 Å². The van der Waals surface area contributed by atoms with Gasteiger partial charge in [-0.05, 0) is 37.8 Å². The summed E-state index contributed by atoms with van der Waals surface area (Å²) in [4.78, 5) is 20.2. The normalized spacial score (nSPS) is 33.4. The molecule has 31 heavy (non-hydrogen) atoms. The van der Waals surface area contributed by atoms with E-state index in [4.69, 9.17) is 0 Å². The largest absolute Gasteiger partial charge is 0.351 e. The summed E-state index contributed by atoms with van der Waals surface area (Å²) in [7, 11) is 0. The van der Waals surface area contributed by atoms with Crippen LogP contribution < -0.4 is 5.43 Å². The number of H-pyrrole nitrogens is 1. The van der Waals surface area contributed by atoms with Gasteiger partial charge >= 0.3 is 0 Å². The zero-order chi connectivity index (χ0) is 22.1. The maximum Gasteiger partial charge on any atom is 0.270 e. The second-order valence-electron chi connectivity index (χ2n) is 9.54. The fourth-order valence-corrected chi connectivity index (χ4v) is 5.86. The van der Waals surface area contributed by atoms with Gasteiger partial charge in [-0.25, -0.2) is 13.8 Å². The smallest absolute Gasteiger partial charge is 0.270 e. The molecule has 1 amide bonds. The summed E-state index contributed by atoms with van der Waals surface area (Å²) < 4.78 is 36.2. The lowest BCUT2D eigenvalue weighted by atomic mass is 9.87. The van der Waals surface area contributed by atoms with E-state index in [2.05, 4.69) is 10.4 Å². The van der Waals surface area contributed by atoms with Crippen molar-refractivity contribution in [1.82, 2.24) is 25.2 Å². The molecule has 1 spiro atoms. The van der Waals surface area contributed by atoms with Gasteiger partial charge in [0.25, 0.3) is 12.3 Å². The highest BCUT2D eigenvalue weighted by molar-refractivity contribution is 5.98. The molecular weight excluding hydrogens is 400 g/mol. The van der Waals surface area contributed by atoms with Crippen LogP contribution in [-0.2, 0) is 0 Å². The number of nitrogens with one attached hydrogen (secondary N) is 2. The van der Waals surface area contributed by atoms with Crippen LogP contribution in [0.25, 0.3) is 10.9 Å². The van der Waals surface area contributed by atoms with Crippen LogP contribution in [-0.4, -0.2) is 82.4 Å². The molecule has 4 heterocycles. The summed E-state index contributed by atoms with van der Waals surface area (Å²) in [5.74, 6) is -0.183. The van der Waals surface area contributed by atoms with E-state index in [1.54, 1.807) is 0 Å². The summed E-state index contributed by atoms with van der Waals surface area (Å²) in [5.41, 5.74) is 4.84. The zero-order valence-corrected chi connectivity index (χ0v) is 17.5. The van der Waals surface area contributed by atoms with E-state index < -0.39 is 12.4 Å². The number of alkyl halides is 2. The van der Waals surface area contributed by atoms with E-state index in [0.29, 0.717) is 31.9 Å². The molecule has 6 rings (SSSR count). The van der Waals surface area contributed by atoms with Gasteiger partial charge in [0, 0.05) is 62.0 Å². The topological polar surface area (TPSA) is 54.6 Å². The lowest BCUT2D eigenvalue weighted by Gasteiger charge is -2.38. The van der Waals surface area contributed by atoms with Gasteiger partial charge in [-0.3, -0.25) is 15.1 Å². The number of carbonyl (C=O) groups is 1. The van der Waals surface area contributed by atoms with Gasteiger partial charge < -0.3 is 9.88 Å². The van der Waals surface area contributed by atoms with E-state index >= 15 is 0 Å². The molecule has 3 unspecified atom stereocenters. The summed E-state index contributed by atoms with van der Waals surface area (Å²) in [6.45, 7) is 1.79. The number of halogens is 2. The molecule has 2 N–H and O–H groups in total. The average molecular weight is 431 g/mol. The Hall–Kier alpha value is -2.03. The number of para-hydroxylation sites is 1. The van der Waals surface area contributed by atoms with Crippen molar-refractivity contribution in [3.63, 3.8) is 0 Å². The molecule has 3 saturated heterocycles. The van der Waals surface area contributed by atoms with Gasteiger partial charge in [0.15, 0.2) is 0 Å². The lowest BCUT2D eigenvalue weighted by Crippen LogP contribution is -2.51. The van der Waals surface area contributed by atoms with Crippen molar-refractivity contribution in [2.24, 2.45) is 5.92 Å². The number of hydrogen-bond acceptors (Lipinski definition) is 4. The van der Waals surface area contributed by atoms with E-state index in [1.165, 1.54) is 0 Å². The van der Waals surface area contributed by atoms with Crippen LogP contribution in [0.4, 0.5) is 8.78 Å². The minimum Gasteiger partial charge on any atom is -0.351 e. The van der Waals surface area contributed by atoms with Crippen molar-refractivity contribution in [2.45, 2.75) is 49.7 Å². The molecular formula is C23H29F2N5O. The maximum absolute atomic E-state index is 13.4. The number of fused-ring (bicyclic) bond motifs is 4. The monoisotopic (exact) mass is 430 g/mol. The van der Waals surface area contributed by atoms with E-state index in [0.717, 1.165) is 36.6 Å². The summed E-state index contributed by atoms with van der Waals surface area (Å²) in [6, 6.07) is 8.77. The van der Waals surface area contributed by atoms with Gasteiger partial charge in [-0.15, -0.1) is 0 Å². The Morgan fingerprint density at radius 1 is 1.23 bits per heavy atom. The van der Waals surface area contributed by atoms with Gasteiger partial charge in [-0.2, -0.15) is 0 Å². The van der Waals surface area contributed by atoms with Crippen LogP contribution in [0, 0.1) is 5.92 Å². The zero-order valence-electron chi connectivity index (χ0n) is 18.5. The number of hydrogen-bond donors (Lipinski definition) is 2. The molecule has 1 aromatic heterocycles. The first-order valence-corrected chi connectivity index (χ1v) is 11.3. The first-order chi connectivity index (χ1) is 15.4. The number of likely N-dealkylation sites (tertiary alicyclic amines) is 1. The molecule has 0 bridgehead atoms. The van der Waals surface area contributed by atoms with Gasteiger partial charge in [0.2, 0.25) is 0 Å². The van der Waals surface area contributed by atoms with Crippen LogP contribution in [0.15, 0.2) is 30.3 Å². The molecule has 166 valence electrons. The van der Waals surface area contributed by atoms with E-state index in [1.807, 2.05) is 45.1 Å². The SMILES string of the molecule is [2H]C12CN(CC(F)F)C3(CCN1NC1CCN(C(=O)c4cc5ccccc5[nH]4)CC12)CC3. The molecule has 3 aliphatic heterocycles. The third kappa shape index (κ3) is 3.36. The van der Waals surface area contributed by atoms with Crippen molar-refractivity contribution < 1.29 is 14.9 Å². The number of piperidine rings is 1. The highest BCUT2D eigenvalue weighted by atomic mass is 19.3. The molecule has 4 aliphatic rings. The van der Waals surface area contributed by atoms with Gasteiger partial charge in [0.05, 0.1) is 6.54 Å². The summed E-state index contributed by atoms with van der Waals surface area (Å²) in [5, 5.41) is 2.99. The third-order valence-electron chi connectivity index (χ3n) is 7.77. The third-order valence-corrected chi connectivity index (χ3v) is 7.77. The Kier molecular flexibility index (Phi) is 4.33. The van der Waals surface area contributed by atoms with Gasteiger partial charge in [0.1, 0.15) is 5.69 Å². The minimum absolute atomic E-state index is 0.0570. The highest BCUT2D eigenvalue weighted by Gasteiger charge is 2.55. The van der Waals surface area contributed by atoms with Crippen molar-refractivity contribution in [3.8, 4) is 0 Å². The molecule has 1 aromatic carbocycles. The Labute approximate surface area is 181 Å². The Morgan fingerprint density at radius 3 is 2.84 bits per heavy atom. The number of benzene rings is 1. The summed E-state index contributed by atoms with van der Waals surface area (Å²) >= 11 is 0. The fourth-order valence-electron chi connectivity index (χ4n) is 5.86. The number of hydrazine groups is 1. The quantitative estimate of drug-likeness (QED) is 0.786. The van der Waals surface area contributed by atoms with Crippen LogP contribution in [0.3, 0.4) is 0 Å². The maximum atomic E-state index is 13.4. The molecule has 1 saturated carbocycles. The van der Waals surface area contributed by atoms with Crippen LogP contribution >= 0.6 is 0 Å². The van der Waals surface area contributed by atoms with Crippen molar-refractivity contribution in [2.75, 3.05) is 32.7 Å². The first kappa shape index (κ1) is 18.5. The highest BCUT2D eigenvalue weighted by Crippen LogP contribution is 2.48. The average Bonchev–Trinajstić information content (AvgIpc) is 3.38. The number of aromatic nitrogens is 1. The number of carbonyl (C=O) groups excluding carboxylic acids is 1. The number of amides is 1. The molecule has 3 atom stereocenters. The van der Waals surface area contributed by atoms with Crippen molar-refractivity contribution in [3.05, 3.63) is 36.0 Å². The van der Waals surface area contributed by atoms with E-state index in [-0.39, 0.29) is 30.0 Å². The number of nitrogens with zero attached hydrogens (tertiary/aromatic N) is 3. The molecule has 6 nitrogen and oxygen atoms in total. The molecule has 1 aliphatic carbocycles. The molecule has 2 aromatic rings. The predicted molar refractivity (Wildman–Crippen MR) is 114 cm³/mol. The molecule has 0 radical (unpaired) electrons. The van der Waals surface area contributed by atoms with Gasteiger partial charge in [-0.1, -0.05) is 18.2 Å². The van der Waals surface area contributed by atoms with Crippen LogP contribution in [0.2, 0.25) is 0 Å². The first-order valence-electron chi connectivity index (χ1n) is 11.8. The summed E-state index contributed by atoms with van der Waals surface area (Å²) in [6.07, 6.45) is 1.03. The molecule has 4 fully saturated rings. The Bertz CT molecular complexity index is 1010. The fraction of sp³-hybridized carbons (Fsp3) is 0.609.